The molecule has 11 nitrogen and oxygen atoms in total. The molecule has 4 aromatic rings. The van der Waals surface area contributed by atoms with Crippen LogP contribution in [0.5, 0.6) is 5.75 Å². The number of aromatic nitrogens is 2. The number of likely N-dealkylation sites (N-methyl/N-ethyl adjacent to an activating group) is 1. The van der Waals surface area contributed by atoms with E-state index in [1.165, 1.54) is 0 Å². The fourth-order valence-electron chi connectivity index (χ4n) is 3.77. The summed E-state index contributed by atoms with van der Waals surface area (Å²) in [6.45, 7) is 3.65. The van der Waals surface area contributed by atoms with Crippen molar-refractivity contribution in [1.82, 2.24) is 20.2 Å². The van der Waals surface area contributed by atoms with Gasteiger partial charge >= 0.3 is 12.1 Å². The zero-order valence-electron chi connectivity index (χ0n) is 24.7. The summed E-state index contributed by atoms with van der Waals surface area (Å²) in [5.41, 5.74) is 2.49. The number of nitrogens with zero attached hydrogens (tertiary/aromatic N) is 3. The third-order valence-electron chi connectivity index (χ3n) is 6.15. The minimum atomic E-state index is -5.08. The van der Waals surface area contributed by atoms with Crippen LogP contribution in [0, 0.1) is 0 Å². The van der Waals surface area contributed by atoms with E-state index in [1.54, 1.807) is 55.6 Å². The van der Waals surface area contributed by atoms with Crippen LogP contribution in [0.4, 0.5) is 30.5 Å². The minimum Gasteiger partial charge on any atom is -0.497 e. The van der Waals surface area contributed by atoms with Crippen LogP contribution in [0.1, 0.15) is 18.5 Å². The van der Waals surface area contributed by atoms with Gasteiger partial charge in [-0.1, -0.05) is 35.9 Å². The standard InChI is InChI=1S/C27H31ClN6O3S.C2HF3O2/c1-18(29-14-15-34(2)3)19-8-7-9-21(16-19)38(35,36)33-27-26(30-23-10-5-6-11-24(23)31-27)32-25-17-20(37-4)12-13-22(25)28;3-2(4,5)1(6)7/h5-13,16-18,29H,14-15H2,1-4H3,(H,30,32)(H,31,33);(H,6,7). The van der Waals surface area contributed by atoms with E-state index in [-0.39, 0.29) is 22.6 Å². The predicted molar refractivity (Wildman–Crippen MR) is 167 cm³/mol. The summed E-state index contributed by atoms with van der Waals surface area (Å²) >= 11 is 6.39. The third kappa shape index (κ3) is 10.2. The van der Waals surface area contributed by atoms with Crippen LogP contribution in [0.15, 0.2) is 71.6 Å². The first kappa shape index (κ1) is 35.3. The van der Waals surface area contributed by atoms with Gasteiger partial charge in [0, 0.05) is 25.2 Å². The number of carboxylic acid groups (broad SMARTS) is 1. The monoisotopic (exact) mass is 668 g/mol. The molecule has 0 aliphatic carbocycles. The number of alkyl halides is 3. The molecule has 3 aromatic carbocycles. The van der Waals surface area contributed by atoms with Gasteiger partial charge in [-0.25, -0.2) is 23.2 Å². The second-order valence-electron chi connectivity index (χ2n) is 9.84. The number of halogens is 4. The Morgan fingerprint density at radius 3 is 2.22 bits per heavy atom. The Hall–Kier alpha value is -4.18. The summed E-state index contributed by atoms with van der Waals surface area (Å²) in [7, 11) is 1.57. The fraction of sp³-hybridized carbons (Fsp3) is 0.276. The fourth-order valence-corrected chi connectivity index (χ4v) is 5.00. The molecular formula is C29H32ClF3N6O5S. The van der Waals surface area contributed by atoms with Crippen molar-refractivity contribution in [2.45, 2.75) is 24.0 Å². The maximum absolute atomic E-state index is 13.5. The normalized spacial score (nSPS) is 12.3. The Morgan fingerprint density at radius 2 is 1.64 bits per heavy atom. The molecular weight excluding hydrogens is 637 g/mol. The molecule has 0 fully saturated rings. The molecule has 242 valence electrons. The van der Waals surface area contributed by atoms with E-state index in [4.69, 9.17) is 26.2 Å². The maximum atomic E-state index is 13.5. The quantitative estimate of drug-likeness (QED) is 0.157. The number of para-hydroxylation sites is 2. The average Bonchev–Trinajstić information content (AvgIpc) is 2.98. The van der Waals surface area contributed by atoms with E-state index in [1.807, 2.05) is 39.2 Å². The second-order valence-corrected chi connectivity index (χ2v) is 11.9. The molecule has 0 saturated heterocycles. The highest BCUT2D eigenvalue weighted by molar-refractivity contribution is 7.92. The van der Waals surface area contributed by atoms with Crippen molar-refractivity contribution >= 4 is 56.0 Å². The zero-order chi connectivity index (χ0) is 33.4. The van der Waals surface area contributed by atoms with Gasteiger partial charge in [0.1, 0.15) is 5.75 Å². The molecule has 4 N–H and O–H groups in total. The summed E-state index contributed by atoms with van der Waals surface area (Å²) in [5, 5.41) is 14.1. The topological polar surface area (TPSA) is 146 Å². The first-order valence-electron chi connectivity index (χ1n) is 13.3. The third-order valence-corrected chi connectivity index (χ3v) is 7.81. The number of carboxylic acids is 1. The van der Waals surface area contributed by atoms with Crippen LogP contribution in [-0.4, -0.2) is 74.8 Å². The second kappa shape index (κ2) is 15.2. The molecule has 0 spiro atoms. The van der Waals surface area contributed by atoms with E-state index in [0.29, 0.717) is 27.5 Å². The molecule has 1 heterocycles. The number of fused-ring (bicyclic) bond motifs is 1. The number of methoxy groups -OCH3 is 1. The van der Waals surface area contributed by atoms with Gasteiger partial charge in [0.15, 0.2) is 11.6 Å². The lowest BCUT2D eigenvalue weighted by Gasteiger charge is -2.18. The van der Waals surface area contributed by atoms with Crippen LogP contribution in [0.25, 0.3) is 11.0 Å². The van der Waals surface area contributed by atoms with Gasteiger partial charge in [0.2, 0.25) is 0 Å². The molecule has 1 atom stereocenters. The molecule has 0 bridgehead atoms. The van der Waals surface area contributed by atoms with Gasteiger partial charge in [0.05, 0.1) is 33.7 Å². The predicted octanol–water partition coefficient (Wildman–Crippen LogP) is 5.68. The van der Waals surface area contributed by atoms with E-state index < -0.39 is 22.2 Å². The van der Waals surface area contributed by atoms with E-state index in [0.717, 1.165) is 18.7 Å². The molecule has 45 heavy (non-hydrogen) atoms. The minimum absolute atomic E-state index is 0.0296. The van der Waals surface area contributed by atoms with Gasteiger partial charge in [-0.2, -0.15) is 13.2 Å². The zero-order valence-corrected chi connectivity index (χ0v) is 26.3. The van der Waals surface area contributed by atoms with Crippen molar-refractivity contribution in [2.75, 3.05) is 44.3 Å². The van der Waals surface area contributed by atoms with Crippen molar-refractivity contribution < 1.29 is 36.2 Å². The number of aliphatic carboxylic acids is 1. The van der Waals surface area contributed by atoms with Crippen LogP contribution in [0.3, 0.4) is 0 Å². The molecule has 0 aliphatic heterocycles. The molecule has 0 amide bonds. The van der Waals surface area contributed by atoms with Crippen LogP contribution in [-0.2, 0) is 14.8 Å². The van der Waals surface area contributed by atoms with E-state index in [2.05, 4.69) is 30.2 Å². The summed E-state index contributed by atoms with van der Waals surface area (Å²) in [4.78, 5) is 20.3. The molecule has 0 aliphatic rings. The molecule has 1 unspecified atom stereocenters. The number of sulfonamides is 1. The SMILES string of the molecule is COc1ccc(Cl)c(Nc2nc3ccccc3nc2NS(=O)(=O)c2cccc(C(C)NCCN(C)C)c2)c1.O=C(O)C(F)(F)F. The largest absolute Gasteiger partial charge is 0.497 e. The summed E-state index contributed by atoms with van der Waals surface area (Å²) < 4.78 is 66.7. The number of hydrogen-bond donors (Lipinski definition) is 4. The number of benzene rings is 3. The molecule has 0 radical (unpaired) electrons. The smallest absolute Gasteiger partial charge is 0.490 e. The summed E-state index contributed by atoms with van der Waals surface area (Å²) in [5.74, 6) is -1.92. The van der Waals surface area contributed by atoms with Crippen LogP contribution >= 0.6 is 11.6 Å². The Kier molecular flexibility index (Phi) is 11.9. The van der Waals surface area contributed by atoms with Crippen molar-refractivity contribution in [1.29, 1.82) is 0 Å². The van der Waals surface area contributed by atoms with Gasteiger partial charge in [-0.05, 0) is 63.0 Å². The van der Waals surface area contributed by atoms with Crippen LogP contribution < -0.4 is 20.1 Å². The lowest BCUT2D eigenvalue weighted by molar-refractivity contribution is -0.192. The maximum Gasteiger partial charge on any atom is 0.490 e. The van der Waals surface area contributed by atoms with Crippen molar-refractivity contribution in [3.8, 4) is 5.75 Å². The van der Waals surface area contributed by atoms with Crippen LogP contribution in [0.2, 0.25) is 5.02 Å². The molecule has 1 aromatic heterocycles. The van der Waals surface area contributed by atoms with Gasteiger partial charge in [-0.3, -0.25) is 4.72 Å². The van der Waals surface area contributed by atoms with Crippen molar-refractivity contribution in [3.05, 3.63) is 77.3 Å². The summed E-state index contributed by atoms with van der Waals surface area (Å²) in [6, 6.07) is 19.1. The van der Waals surface area contributed by atoms with Crippen molar-refractivity contribution in [2.24, 2.45) is 0 Å². The molecule has 16 heteroatoms. The van der Waals surface area contributed by atoms with Gasteiger partial charge in [-0.15, -0.1) is 0 Å². The Balaban J connectivity index is 0.000000707. The Labute approximate surface area is 263 Å². The van der Waals surface area contributed by atoms with E-state index >= 15 is 0 Å². The highest BCUT2D eigenvalue weighted by Gasteiger charge is 2.38. The number of ether oxygens (including phenoxy) is 1. The van der Waals surface area contributed by atoms with E-state index in [9.17, 15) is 21.6 Å². The highest BCUT2D eigenvalue weighted by atomic mass is 35.5. The summed E-state index contributed by atoms with van der Waals surface area (Å²) in [6.07, 6.45) is -5.08. The number of hydrogen-bond acceptors (Lipinski definition) is 9. The van der Waals surface area contributed by atoms with Crippen molar-refractivity contribution in [3.63, 3.8) is 0 Å². The number of nitrogens with one attached hydrogen (secondary N) is 3. The number of rotatable bonds is 11. The molecule has 4 rings (SSSR count). The number of carbonyl (C=O) groups is 1. The number of anilines is 3. The average molecular weight is 669 g/mol. The lowest BCUT2D eigenvalue weighted by atomic mass is 10.1. The first-order chi connectivity index (χ1) is 21.1. The lowest BCUT2D eigenvalue weighted by Crippen LogP contribution is -2.28. The Bertz CT molecular complexity index is 1740. The first-order valence-corrected chi connectivity index (χ1v) is 15.1. The van der Waals surface area contributed by atoms with Gasteiger partial charge < -0.3 is 25.4 Å². The van der Waals surface area contributed by atoms with Gasteiger partial charge in [0.25, 0.3) is 10.0 Å². The molecule has 0 saturated carbocycles. The highest BCUT2D eigenvalue weighted by Crippen LogP contribution is 2.33. The Morgan fingerprint density at radius 1 is 1.02 bits per heavy atom.